The molecule has 1 nitrogen and oxygen atoms in total. The highest BCUT2D eigenvalue weighted by molar-refractivity contribution is 8.03. The Hall–Kier alpha value is -0.370. The van der Waals surface area contributed by atoms with E-state index in [2.05, 4.69) is 18.5 Å². The lowest BCUT2D eigenvalue weighted by Crippen LogP contribution is -1.99. The molecule has 0 radical (unpaired) electrons. The first-order valence-corrected chi connectivity index (χ1v) is 3.40. The molecule has 0 fully saturated rings. The minimum Gasteiger partial charge on any atom is -0.383 e. The molecule has 0 unspecified atom stereocenters. The van der Waals surface area contributed by atoms with Crippen molar-refractivity contribution in [3.63, 3.8) is 0 Å². The molecule has 0 aromatic heterocycles. The van der Waals surface area contributed by atoms with E-state index in [-0.39, 0.29) is 0 Å². The van der Waals surface area contributed by atoms with Crippen LogP contribution < -0.4 is 5.32 Å². The van der Waals surface area contributed by atoms with Crippen molar-refractivity contribution in [2.24, 2.45) is 0 Å². The number of nitrogens with one attached hydrogen (secondary N) is 1. The van der Waals surface area contributed by atoms with Crippen LogP contribution in [0.4, 0.5) is 0 Å². The SMILES string of the molecule is C=CCSC(=C)NC. The van der Waals surface area contributed by atoms with Crippen molar-refractivity contribution in [1.82, 2.24) is 5.32 Å². The quantitative estimate of drug-likeness (QED) is 0.579. The van der Waals surface area contributed by atoms with E-state index in [4.69, 9.17) is 0 Å². The highest BCUT2D eigenvalue weighted by Gasteiger charge is 1.83. The Morgan fingerprint density at radius 1 is 1.88 bits per heavy atom. The van der Waals surface area contributed by atoms with Crippen molar-refractivity contribution in [2.75, 3.05) is 12.8 Å². The van der Waals surface area contributed by atoms with Gasteiger partial charge in [0.2, 0.25) is 0 Å². The van der Waals surface area contributed by atoms with Crippen molar-refractivity contribution < 1.29 is 0 Å². The topological polar surface area (TPSA) is 12.0 Å². The maximum atomic E-state index is 3.71. The van der Waals surface area contributed by atoms with Gasteiger partial charge in [0, 0.05) is 12.8 Å². The second-order valence-corrected chi connectivity index (χ2v) is 2.39. The molecule has 0 heterocycles. The van der Waals surface area contributed by atoms with Crippen LogP contribution >= 0.6 is 11.8 Å². The Bertz CT molecular complexity index is 88.5. The lowest BCUT2D eigenvalue weighted by atomic mass is 10.8. The van der Waals surface area contributed by atoms with Gasteiger partial charge < -0.3 is 5.32 Å². The summed E-state index contributed by atoms with van der Waals surface area (Å²) >= 11 is 1.65. The molecule has 46 valence electrons. The average molecular weight is 129 g/mol. The van der Waals surface area contributed by atoms with Crippen molar-refractivity contribution in [1.29, 1.82) is 0 Å². The van der Waals surface area contributed by atoms with Crippen molar-refractivity contribution >= 4 is 11.8 Å². The molecule has 8 heavy (non-hydrogen) atoms. The first kappa shape index (κ1) is 7.63. The van der Waals surface area contributed by atoms with Crippen LogP contribution in [0.5, 0.6) is 0 Å². The molecule has 1 N–H and O–H groups in total. The van der Waals surface area contributed by atoms with Gasteiger partial charge in [0.1, 0.15) is 0 Å². The predicted octanol–water partition coefficient (Wildman–Crippen LogP) is 1.60. The molecule has 2 heteroatoms. The zero-order valence-electron chi connectivity index (χ0n) is 5.11. The summed E-state index contributed by atoms with van der Waals surface area (Å²) in [4.78, 5) is 0. The van der Waals surface area contributed by atoms with E-state index in [0.29, 0.717) is 0 Å². The summed E-state index contributed by atoms with van der Waals surface area (Å²) in [6.45, 7) is 7.29. The van der Waals surface area contributed by atoms with Gasteiger partial charge in [-0.15, -0.1) is 18.3 Å². The number of rotatable bonds is 4. The summed E-state index contributed by atoms with van der Waals surface area (Å²) < 4.78 is 0. The van der Waals surface area contributed by atoms with Gasteiger partial charge in [0.15, 0.2) is 0 Å². The van der Waals surface area contributed by atoms with Crippen LogP contribution in [0.3, 0.4) is 0 Å². The maximum Gasteiger partial charge on any atom is 0.0608 e. The second-order valence-electron chi connectivity index (χ2n) is 1.27. The fraction of sp³-hybridized carbons (Fsp3) is 0.333. The smallest absolute Gasteiger partial charge is 0.0608 e. The van der Waals surface area contributed by atoms with Crippen molar-refractivity contribution in [3.8, 4) is 0 Å². The van der Waals surface area contributed by atoms with Gasteiger partial charge in [-0.25, -0.2) is 0 Å². The Labute approximate surface area is 54.9 Å². The first-order chi connectivity index (χ1) is 3.81. The van der Waals surface area contributed by atoms with Gasteiger partial charge in [0.25, 0.3) is 0 Å². The summed E-state index contributed by atoms with van der Waals surface area (Å²) in [5.74, 6) is 0.930. The third kappa shape index (κ3) is 3.81. The Balaban J connectivity index is 3.11. The van der Waals surface area contributed by atoms with Gasteiger partial charge in [-0.1, -0.05) is 12.7 Å². The highest BCUT2D eigenvalue weighted by Crippen LogP contribution is 2.07. The Morgan fingerprint density at radius 3 is 2.88 bits per heavy atom. The largest absolute Gasteiger partial charge is 0.383 e. The van der Waals surface area contributed by atoms with E-state index in [1.54, 1.807) is 11.8 Å². The van der Waals surface area contributed by atoms with Gasteiger partial charge in [-0.05, 0) is 0 Å². The van der Waals surface area contributed by atoms with Crippen molar-refractivity contribution in [2.45, 2.75) is 0 Å². The van der Waals surface area contributed by atoms with Crippen LogP contribution in [0.15, 0.2) is 24.3 Å². The molecule has 0 amide bonds. The molecular weight excluding hydrogens is 118 g/mol. The minimum absolute atomic E-state index is 0.930. The van der Waals surface area contributed by atoms with Crippen LogP contribution in [0.1, 0.15) is 0 Å². The molecule has 0 aliphatic rings. The molecule has 0 saturated carbocycles. The van der Waals surface area contributed by atoms with E-state index < -0.39 is 0 Å². The minimum atomic E-state index is 0.930. The molecular formula is C6H11NS. The predicted molar refractivity (Wildman–Crippen MR) is 40.9 cm³/mol. The molecule has 0 aromatic carbocycles. The fourth-order valence-corrected chi connectivity index (χ4v) is 0.695. The summed E-state index contributed by atoms with van der Waals surface area (Å²) in [5, 5.41) is 3.91. The zero-order valence-corrected chi connectivity index (χ0v) is 5.92. The van der Waals surface area contributed by atoms with E-state index in [1.165, 1.54) is 0 Å². The third-order valence-electron chi connectivity index (χ3n) is 0.654. The van der Waals surface area contributed by atoms with Crippen LogP contribution in [-0.4, -0.2) is 12.8 Å². The number of thioether (sulfide) groups is 1. The van der Waals surface area contributed by atoms with Crippen LogP contribution in [0.2, 0.25) is 0 Å². The second kappa shape index (κ2) is 4.78. The van der Waals surface area contributed by atoms with Crippen LogP contribution in [-0.2, 0) is 0 Å². The molecule has 0 saturated heterocycles. The molecule has 0 atom stereocenters. The number of hydrogen-bond acceptors (Lipinski definition) is 2. The molecule has 0 rings (SSSR count). The highest BCUT2D eigenvalue weighted by atomic mass is 32.2. The van der Waals surface area contributed by atoms with E-state index in [9.17, 15) is 0 Å². The molecule has 0 aliphatic heterocycles. The van der Waals surface area contributed by atoms with Gasteiger partial charge in [0.05, 0.1) is 5.03 Å². The van der Waals surface area contributed by atoms with E-state index in [1.807, 2.05) is 13.1 Å². The first-order valence-electron chi connectivity index (χ1n) is 2.41. The standard InChI is InChI=1S/C6H11NS/c1-4-5-8-6(2)7-3/h4,7H,1-2,5H2,3H3. The lowest BCUT2D eigenvalue weighted by molar-refractivity contribution is 1.09. The molecule has 0 bridgehead atoms. The lowest BCUT2D eigenvalue weighted by Gasteiger charge is -1.98. The van der Waals surface area contributed by atoms with Crippen molar-refractivity contribution in [3.05, 3.63) is 24.3 Å². The van der Waals surface area contributed by atoms with Crippen LogP contribution in [0.25, 0.3) is 0 Å². The summed E-state index contributed by atoms with van der Waals surface area (Å²) in [5.41, 5.74) is 0. The monoisotopic (exact) mass is 129 g/mol. The Morgan fingerprint density at radius 2 is 2.50 bits per heavy atom. The summed E-state index contributed by atoms with van der Waals surface area (Å²) in [7, 11) is 1.86. The van der Waals surface area contributed by atoms with Gasteiger partial charge in [-0.3, -0.25) is 0 Å². The zero-order chi connectivity index (χ0) is 6.41. The fourth-order valence-electron chi connectivity index (χ4n) is 0.232. The molecule has 0 spiro atoms. The summed E-state index contributed by atoms with van der Waals surface area (Å²) in [6, 6.07) is 0. The van der Waals surface area contributed by atoms with Gasteiger partial charge >= 0.3 is 0 Å². The van der Waals surface area contributed by atoms with Crippen LogP contribution in [0, 0.1) is 0 Å². The normalized spacial score (nSPS) is 8.12. The Kier molecular flexibility index (Phi) is 4.56. The van der Waals surface area contributed by atoms with E-state index in [0.717, 1.165) is 10.8 Å². The third-order valence-corrected chi connectivity index (χ3v) is 1.61. The molecule has 0 aromatic rings. The number of hydrogen-bond donors (Lipinski definition) is 1. The molecule has 0 aliphatic carbocycles. The summed E-state index contributed by atoms with van der Waals surface area (Å²) in [6.07, 6.45) is 1.85. The van der Waals surface area contributed by atoms with E-state index >= 15 is 0 Å². The maximum absolute atomic E-state index is 3.71. The van der Waals surface area contributed by atoms with Gasteiger partial charge in [-0.2, -0.15) is 0 Å². The average Bonchev–Trinajstić information content (AvgIpc) is 1.83.